The lowest BCUT2D eigenvalue weighted by Crippen LogP contribution is -2.01. The van der Waals surface area contributed by atoms with Crippen LogP contribution in [0, 0.1) is 25.2 Å². The van der Waals surface area contributed by atoms with E-state index in [4.69, 9.17) is 10.00 Å². The molecule has 0 aliphatic carbocycles. The minimum absolute atomic E-state index is 0.654. The first-order chi connectivity index (χ1) is 9.69. The van der Waals surface area contributed by atoms with E-state index in [9.17, 15) is 0 Å². The van der Waals surface area contributed by atoms with Gasteiger partial charge >= 0.3 is 0 Å². The van der Waals surface area contributed by atoms with Crippen LogP contribution in [0.1, 0.15) is 28.8 Å². The summed E-state index contributed by atoms with van der Waals surface area (Å²) in [5.41, 5.74) is 4.14. The SMILES string of the molecule is Cc1ccc(OCCCc2cc(C#N)ccc2C)cn1. The molecule has 1 heterocycles. The highest BCUT2D eigenvalue weighted by Gasteiger charge is 2.01. The molecular weight excluding hydrogens is 248 g/mol. The molecule has 20 heavy (non-hydrogen) atoms. The van der Waals surface area contributed by atoms with Crippen molar-refractivity contribution < 1.29 is 4.74 Å². The molecule has 3 nitrogen and oxygen atoms in total. The second kappa shape index (κ2) is 6.72. The minimum Gasteiger partial charge on any atom is -0.492 e. The van der Waals surface area contributed by atoms with Crippen LogP contribution in [0.25, 0.3) is 0 Å². The Morgan fingerprint density at radius 2 is 2.05 bits per heavy atom. The number of aromatic nitrogens is 1. The van der Waals surface area contributed by atoms with Gasteiger partial charge in [-0.3, -0.25) is 4.98 Å². The van der Waals surface area contributed by atoms with Gasteiger partial charge in [-0.25, -0.2) is 0 Å². The number of aryl methyl sites for hydroxylation is 3. The number of rotatable bonds is 5. The van der Waals surface area contributed by atoms with Crippen LogP contribution in [0.3, 0.4) is 0 Å². The molecule has 0 saturated carbocycles. The van der Waals surface area contributed by atoms with Crippen molar-refractivity contribution >= 4 is 0 Å². The molecule has 2 rings (SSSR count). The summed E-state index contributed by atoms with van der Waals surface area (Å²) in [6.45, 7) is 4.68. The first-order valence-electron chi connectivity index (χ1n) is 6.74. The molecule has 0 saturated heterocycles. The number of ether oxygens (including phenoxy) is 1. The van der Waals surface area contributed by atoms with Crippen molar-refractivity contribution in [1.29, 1.82) is 5.26 Å². The molecular formula is C17H18N2O. The van der Waals surface area contributed by atoms with Crippen LogP contribution in [0.2, 0.25) is 0 Å². The molecule has 0 atom stereocenters. The molecule has 3 heteroatoms. The first-order valence-corrected chi connectivity index (χ1v) is 6.74. The van der Waals surface area contributed by atoms with Crippen LogP contribution in [-0.4, -0.2) is 11.6 Å². The normalized spacial score (nSPS) is 10.1. The van der Waals surface area contributed by atoms with Crippen LogP contribution < -0.4 is 4.74 Å². The van der Waals surface area contributed by atoms with Crippen molar-refractivity contribution in [3.63, 3.8) is 0 Å². The third kappa shape index (κ3) is 3.83. The van der Waals surface area contributed by atoms with Crippen LogP contribution in [0.4, 0.5) is 0 Å². The average molecular weight is 266 g/mol. The average Bonchev–Trinajstić information content (AvgIpc) is 2.47. The quantitative estimate of drug-likeness (QED) is 0.777. The molecule has 0 bridgehead atoms. The van der Waals surface area contributed by atoms with Crippen molar-refractivity contribution in [3.8, 4) is 11.8 Å². The van der Waals surface area contributed by atoms with Crippen LogP contribution >= 0.6 is 0 Å². The summed E-state index contributed by atoms with van der Waals surface area (Å²) >= 11 is 0. The Balaban J connectivity index is 1.84. The zero-order chi connectivity index (χ0) is 14.4. The van der Waals surface area contributed by atoms with E-state index in [1.807, 2.05) is 37.3 Å². The summed E-state index contributed by atoms with van der Waals surface area (Å²) in [4.78, 5) is 4.19. The van der Waals surface area contributed by atoms with Gasteiger partial charge < -0.3 is 4.74 Å². The summed E-state index contributed by atoms with van der Waals surface area (Å²) in [6, 6.07) is 11.9. The second-order valence-electron chi connectivity index (χ2n) is 4.84. The lowest BCUT2D eigenvalue weighted by molar-refractivity contribution is 0.309. The fourth-order valence-corrected chi connectivity index (χ4v) is 2.00. The molecule has 0 fully saturated rings. The molecule has 1 aromatic carbocycles. The highest BCUT2D eigenvalue weighted by atomic mass is 16.5. The fourth-order valence-electron chi connectivity index (χ4n) is 2.00. The predicted octanol–water partition coefficient (Wildman–Crippen LogP) is 3.58. The Morgan fingerprint density at radius 3 is 2.75 bits per heavy atom. The van der Waals surface area contributed by atoms with Gasteiger partial charge in [0.1, 0.15) is 5.75 Å². The van der Waals surface area contributed by atoms with E-state index in [0.717, 1.165) is 24.3 Å². The second-order valence-corrected chi connectivity index (χ2v) is 4.84. The monoisotopic (exact) mass is 266 g/mol. The van der Waals surface area contributed by atoms with E-state index >= 15 is 0 Å². The lowest BCUT2D eigenvalue weighted by atomic mass is 10.0. The van der Waals surface area contributed by atoms with E-state index in [1.54, 1.807) is 6.20 Å². The number of nitriles is 1. The number of hydrogen-bond acceptors (Lipinski definition) is 3. The maximum atomic E-state index is 8.91. The van der Waals surface area contributed by atoms with Gasteiger partial charge in [-0.15, -0.1) is 0 Å². The molecule has 102 valence electrons. The zero-order valence-electron chi connectivity index (χ0n) is 11.9. The van der Waals surface area contributed by atoms with Gasteiger partial charge in [0.05, 0.1) is 24.4 Å². The molecule has 0 radical (unpaired) electrons. The molecule has 1 aromatic heterocycles. The van der Waals surface area contributed by atoms with Crippen molar-refractivity contribution in [3.05, 3.63) is 58.9 Å². The molecule has 0 aliphatic rings. The third-order valence-corrected chi connectivity index (χ3v) is 3.22. The standard InChI is InChI=1S/C17H18N2O/c1-13-5-7-15(11-18)10-16(13)4-3-9-20-17-8-6-14(2)19-12-17/h5-8,10,12H,3-4,9H2,1-2H3. The summed E-state index contributed by atoms with van der Waals surface area (Å²) in [5.74, 6) is 0.804. The summed E-state index contributed by atoms with van der Waals surface area (Å²) in [7, 11) is 0. The molecule has 0 amide bonds. The number of hydrogen-bond donors (Lipinski definition) is 0. The maximum Gasteiger partial charge on any atom is 0.137 e. The van der Waals surface area contributed by atoms with E-state index in [1.165, 1.54) is 11.1 Å². The Kier molecular flexibility index (Phi) is 4.73. The largest absolute Gasteiger partial charge is 0.492 e. The van der Waals surface area contributed by atoms with Gasteiger partial charge in [0.15, 0.2) is 0 Å². The number of pyridine rings is 1. The van der Waals surface area contributed by atoms with Crippen LogP contribution in [0.5, 0.6) is 5.75 Å². The predicted molar refractivity (Wildman–Crippen MR) is 78.7 cm³/mol. The Labute approximate surface area is 119 Å². The number of benzene rings is 1. The van der Waals surface area contributed by atoms with Gasteiger partial charge in [-0.2, -0.15) is 5.26 Å². The molecule has 0 N–H and O–H groups in total. The molecule has 0 aliphatic heterocycles. The zero-order valence-corrected chi connectivity index (χ0v) is 11.9. The van der Waals surface area contributed by atoms with Gasteiger partial charge in [0.25, 0.3) is 0 Å². The highest BCUT2D eigenvalue weighted by molar-refractivity contribution is 5.37. The van der Waals surface area contributed by atoms with E-state index in [-0.39, 0.29) is 0 Å². The highest BCUT2D eigenvalue weighted by Crippen LogP contribution is 2.14. The van der Waals surface area contributed by atoms with Gasteiger partial charge in [-0.05, 0) is 62.1 Å². The smallest absolute Gasteiger partial charge is 0.137 e. The maximum absolute atomic E-state index is 8.91. The molecule has 2 aromatic rings. The topological polar surface area (TPSA) is 45.9 Å². The van der Waals surface area contributed by atoms with Crippen LogP contribution in [-0.2, 0) is 6.42 Å². The van der Waals surface area contributed by atoms with Crippen molar-refractivity contribution in [2.75, 3.05) is 6.61 Å². The minimum atomic E-state index is 0.654. The first kappa shape index (κ1) is 14.1. The Morgan fingerprint density at radius 1 is 1.20 bits per heavy atom. The van der Waals surface area contributed by atoms with Crippen molar-refractivity contribution in [2.45, 2.75) is 26.7 Å². The number of nitrogens with zero attached hydrogens (tertiary/aromatic N) is 2. The summed E-state index contributed by atoms with van der Waals surface area (Å²) in [5, 5.41) is 8.91. The lowest BCUT2D eigenvalue weighted by Gasteiger charge is -2.08. The Hall–Kier alpha value is -2.34. The Bertz CT molecular complexity index is 612. The molecule has 0 spiro atoms. The summed E-state index contributed by atoms with van der Waals surface area (Å²) < 4.78 is 5.65. The van der Waals surface area contributed by atoms with Crippen molar-refractivity contribution in [2.24, 2.45) is 0 Å². The van der Waals surface area contributed by atoms with Crippen molar-refractivity contribution in [1.82, 2.24) is 4.98 Å². The fraction of sp³-hybridized carbons (Fsp3) is 0.294. The molecule has 0 unspecified atom stereocenters. The van der Waals surface area contributed by atoms with Gasteiger partial charge in [0.2, 0.25) is 0 Å². The summed E-state index contributed by atoms with van der Waals surface area (Å²) in [6.07, 6.45) is 3.58. The van der Waals surface area contributed by atoms with Gasteiger partial charge in [-0.1, -0.05) is 6.07 Å². The third-order valence-electron chi connectivity index (χ3n) is 3.22. The van der Waals surface area contributed by atoms with E-state index in [2.05, 4.69) is 18.0 Å². The van der Waals surface area contributed by atoms with E-state index < -0.39 is 0 Å². The van der Waals surface area contributed by atoms with E-state index in [0.29, 0.717) is 12.2 Å². The van der Waals surface area contributed by atoms with Gasteiger partial charge in [0, 0.05) is 5.69 Å². The van der Waals surface area contributed by atoms with Crippen LogP contribution in [0.15, 0.2) is 36.5 Å².